The summed E-state index contributed by atoms with van der Waals surface area (Å²) >= 11 is 1.45. The van der Waals surface area contributed by atoms with Crippen LogP contribution in [0.5, 0.6) is 0 Å². The summed E-state index contributed by atoms with van der Waals surface area (Å²) in [6.45, 7) is 0.325. The zero-order valence-corrected chi connectivity index (χ0v) is 14.0. The van der Waals surface area contributed by atoms with Crippen molar-refractivity contribution >= 4 is 33.6 Å². The molecule has 1 amide bonds. The fourth-order valence-electron chi connectivity index (χ4n) is 2.42. The van der Waals surface area contributed by atoms with Crippen molar-refractivity contribution in [1.29, 1.82) is 0 Å². The van der Waals surface area contributed by atoms with Crippen LogP contribution in [0.3, 0.4) is 0 Å². The molecule has 0 radical (unpaired) electrons. The van der Waals surface area contributed by atoms with Gasteiger partial charge in [-0.25, -0.2) is 9.71 Å². The van der Waals surface area contributed by atoms with Gasteiger partial charge in [-0.3, -0.25) is 9.10 Å². The third kappa shape index (κ3) is 3.18. The molecule has 1 aromatic heterocycles. The van der Waals surface area contributed by atoms with Crippen molar-refractivity contribution in [3.63, 3.8) is 0 Å². The zero-order valence-electron chi connectivity index (χ0n) is 12.4. The molecular formula is C15H15N3O3S2. The Morgan fingerprint density at radius 3 is 2.74 bits per heavy atom. The summed E-state index contributed by atoms with van der Waals surface area (Å²) in [6, 6.07) is 10.5. The van der Waals surface area contributed by atoms with Crippen LogP contribution in [0.2, 0.25) is 0 Å². The first-order chi connectivity index (χ1) is 11.0. The van der Waals surface area contributed by atoms with E-state index < -0.39 is 16.1 Å². The van der Waals surface area contributed by atoms with E-state index in [-0.39, 0.29) is 5.56 Å². The molecule has 0 saturated heterocycles. The fourth-order valence-corrected chi connectivity index (χ4v) is 4.02. The predicted molar refractivity (Wildman–Crippen MR) is 89.9 cm³/mol. The number of carbonyl (C=O) groups excluding carboxylic acids is 1. The molecule has 0 spiro atoms. The molecule has 0 atom stereocenters. The summed E-state index contributed by atoms with van der Waals surface area (Å²) in [5.41, 5.74) is 1.78. The monoisotopic (exact) mass is 349 g/mol. The third-order valence-corrected chi connectivity index (χ3v) is 5.63. The lowest BCUT2D eigenvalue weighted by Crippen LogP contribution is -2.42. The van der Waals surface area contributed by atoms with Crippen molar-refractivity contribution in [3.8, 4) is 0 Å². The number of benzene rings is 1. The largest absolute Gasteiger partial charge is 0.326 e. The van der Waals surface area contributed by atoms with Crippen LogP contribution in [0.15, 0.2) is 47.6 Å². The summed E-state index contributed by atoms with van der Waals surface area (Å²) in [5.74, 6) is -0.686. The number of thioether (sulfide) groups is 1. The van der Waals surface area contributed by atoms with Crippen LogP contribution in [-0.4, -0.2) is 32.1 Å². The van der Waals surface area contributed by atoms with Gasteiger partial charge in [0.25, 0.3) is 5.91 Å². The molecule has 0 bridgehead atoms. The summed E-state index contributed by atoms with van der Waals surface area (Å²) in [4.78, 5) is 16.2. The molecule has 0 aliphatic carbocycles. The Balaban J connectivity index is 1.80. The lowest BCUT2D eigenvalue weighted by atomic mass is 10.2. The lowest BCUT2D eigenvalue weighted by molar-refractivity contribution is 0.0981. The quantitative estimate of drug-likeness (QED) is 0.852. The maximum Gasteiger partial charge on any atom is 0.326 e. The van der Waals surface area contributed by atoms with Crippen molar-refractivity contribution in [1.82, 2.24) is 9.71 Å². The first-order valence-corrected chi connectivity index (χ1v) is 9.60. The Hall–Kier alpha value is -2.06. The van der Waals surface area contributed by atoms with E-state index in [2.05, 4.69) is 9.71 Å². The third-order valence-electron chi connectivity index (χ3n) is 3.56. The van der Waals surface area contributed by atoms with Crippen LogP contribution in [0.25, 0.3) is 0 Å². The van der Waals surface area contributed by atoms with Crippen LogP contribution in [0.4, 0.5) is 5.69 Å². The second-order valence-corrected chi connectivity index (χ2v) is 7.40. The number of aromatic nitrogens is 1. The van der Waals surface area contributed by atoms with E-state index in [1.54, 1.807) is 24.3 Å². The highest BCUT2D eigenvalue weighted by molar-refractivity contribution is 7.98. The van der Waals surface area contributed by atoms with Crippen LogP contribution in [0.1, 0.15) is 15.9 Å². The maximum absolute atomic E-state index is 12.5. The number of fused-ring (bicyclic) bond motifs is 1. The molecule has 2 aromatic rings. The SMILES string of the molecule is CSc1ccc(C(=O)NS(=O)(=O)N2CCc3ccccc32)cn1. The molecule has 6 nitrogen and oxygen atoms in total. The Morgan fingerprint density at radius 1 is 1.26 bits per heavy atom. The zero-order chi connectivity index (χ0) is 16.4. The predicted octanol–water partition coefficient (Wildman–Crippen LogP) is 1.84. The average Bonchev–Trinajstić information content (AvgIpc) is 2.99. The Bertz CT molecular complexity index is 835. The summed E-state index contributed by atoms with van der Waals surface area (Å²) < 4.78 is 28.3. The van der Waals surface area contributed by atoms with E-state index in [1.807, 2.05) is 18.4 Å². The molecule has 0 saturated carbocycles. The van der Waals surface area contributed by atoms with E-state index in [9.17, 15) is 13.2 Å². The number of rotatable bonds is 4. The van der Waals surface area contributed by atoms with E-state index in [1.165, 1.54) is 22.3 Å². The molecule has 2 heterocycles. The first kappa shape index (κ1) is 15.8. The van der Waals surface area contributed by atoms with Gasteiger partial charge in [0.1, 0.15) is 0 Å². The van der Waals surface area contributed by atoms with Gasteiger partial charge in [0.15, 0.2) is 0 Å². The van der Waals surface area contributed by atoms with E-state index in [0.29, 0.717) is 18.7 Å². The van der Waals surface area contributed by atoms with Crippen LogP contribution in [0, 0.1) is 0 Å². The highest BCUT2D eigenvalue weighted by atomic mass is 32.2. The second-order valence-electron chi connectivity index (χ2n) is 4.98. The average molecular weight is 349 g/mol. The second kappa shape index (κ2) is 6.21. The smallest absolute Gasteiger partial charge is 0.268 e. The van der Waals surface area contributed by atoms with Crippen LogP contribution < -0.4 is 9.03 Å². The van der Waals surface area contributed by atoms with Crippen molar-refractivity contribution in [2.45, 2.75) is 11.4 Å². The van der Waals surface area contributed by atoms with Gasteiger partial charge in [0, 0.05) is 12.7 Å². The van der Waals surface area contributed by atoms with E-state index in [4.69, 9.17) is 0 Å². The van der Waals surface area contributed by atoms with Gasteiger partial charge >= 0.3 is 10.2 Å². The Labute approximate surface area is 139 Å². The molecule has 1 aliphatic rings. The highest BCUT2D eigenvalue weighted by Crippen LogP contribution is 2.29. The summed E-state index contributed by atoms with van der Waals surface area (Å²) in [5, 5.41) is 0.762. The lowest BCUT2D eigenvalue weighted by Gasteiger charge is -2.19. The van der Waals surface area contributed by atoms with Gasteiger partial charge in [-0.05, 0) is 36.4 Å². The van der Waals surface area contributed by atoms with Crippen molar-refractivity contribution in [3.05, 3.63) is 53.7 Å². The number of para-hydroxylation sites is 1. The first-order valence-electron chi connectivity index (χ1n) is 6.94. The minimum atomic E-state index is -3.94. The summed E-state index contributed by atoms with van der Waals surface area (Å²) in [6.07, 6.45) is 3.88. The van der Waals surface area contributed by atoms with Gasteiger partial charge in [-0.1, -0.05) is 18.2 Å². The number of anilines is 1. The Kier molecular flexibility index (Phi) is 4.27. The van der Waals surface area contributed by atoms with Crippen LogP contribution in [-0.2, 0) is 16.6 Å². The number of nitrogens with one attached hydrogen (secondary N) is 1. The number of amides is 1. The summed E-state index contributed by atoms with van der Waals surface area (Å²) in [7, 11) is -3.94. The number of carbonyl (C=O) groups is 1. The van der Waals surface area contributed by atoms with Crippen molar-refractivity contribution in [2.75, 3.05) is 17.1 Å². The number of hydrogen-bond donors (Lipinski definition) is 1. The van der Waals surface area contributed by atoms with Gasteiger partial charge in [0.05, 0.1) is 16.3 Å². The van der Waals surface area contributed by atoms with Crippen molar-refractivity contribution < 1.29 is 13.2 Å². The van der Waals surface area contributed by atoms with Gasteiger partial charge < -0.3 is 0 Å². The maximum atomic E-state index is 12.5. The minimum Gasteiger partial charge on any atom is -0.268 e. The molecule has 23 heavy (non-hydrogen) atoms. The number of hydrogen-bond acceptors (Lipinski definition) is 5. The van der Waals surface area contributed by atoms with Crippen molar-refractivity contribution in [2.24, 2.45) is 0 Å². The molecule has 8 heteroatoms. The molecule has 1 N–H and O–H groups in total. The van der Waals surface area contributed by atoms with E-state index in [0.717, 1.165) is 10.6 Å². The van der Waals surface area contributed by atoms with Crippen LogP contribution >= 0.6 is 11.8 Å². The van der Waals surface area contributed by atoms with Gasteiger partial charge in [0.2, 0.25) is 0 Å². The van der Waals surface area contributed by atoms with Gasteiger partial charge in [-0.15, -0.1) is 11.8 Å². The molecule has 0 unspecified atom stereocenters. The molecule has 3 rings (SSSR count). The normalized spacial score (nSPS) is 13.7. The molecule has 1 aliphatic heterocycles. The molecule has 1 aromatic carbocycles. The standard InChI is InChI=1S/C15H15N3O3S2/c1-22-14-7-6-12(10-16-14)15(19)17-23(20,21)18-9-8-11-4-2-3-5-13(11)18/h2-7,10H,8-9H2,1H3,(H,17,19). The number of pyridine rings is 1. The van der Waals surface area contributed by atoms with Gasteiger partial charge in [-0.2, -0.15) is 8.42 Å². The highest BCUT2D eigenvalue weighted by Gasteiger charge is 2.30. The topological polar surface area (TPSA) is 79.4 Å². The minimum absolute atomic E-state index is 0.207. The molecular weight excluding hydrogens is 334 g/mol. The van der Waals surface area contributed by atoms with E-state index >= 15 is 0 Å². The molecule has 120 valence electrons. The fraction of sp³-hybridized carbons (Fsp3) is 0.200. The molecule has 0 fully saturated rings. The number of nitrogens with zero attached hydrogens (tertiary/aromatic N) is 2. The Morgan fingerprint density at radius 2 is 2.04 bits per heavy atom.